The van der Waals surface area contributed by atoms with Gasteiger partial charge in [0.15, 0.2) is 5.69 Å². The Hall–Kier alpha value is -3.33. The van der Waals surface area contributed by atoms with E-state index in [1.54, 1.807) is 18.3 Å². The summed E-state index contributed by atoms with van der Waals surface area (Å²) in [6.07, 6.45) is 5.79. The van der Waals surface area contributed by atoms with Gasteiger partial charge in [-0.1, -0.05) is 5.16 Å². The molecular weight excluding hydrogens is 422 g/mol. The smallest absolute Gasteiger partial charge is 0.272 e. The lowest BCUT2D eigenvalue weighted by molar-refractivity contribution is 0.0299. The van der Waals surface area contributed by atoms with Gasteiger partial charge in [-0.2, -0.15) is 0 Å². The van der Waals surface area contributed by atoms with E-state index in [0.29, 0.717) is 23.4 Å². The van der Waals surface area contributed by atoms with Crippen molar-refractivity contribution in [3.63, 3.8) is 0 Å². The molecule has 3 aromatic heterocycles. The van der Waals surface area contributed by atoms with E-state index in [-0.39, 0.29) is 24.2 Å². The van der Waals surface area contributed by atoms with Gasteiger partial charge in [0, 0.05) is 36.2 Å². The van der Waals surface area contributed by atoms with Crippen LogP contribution >= 0.6 is 0 Å². The highest BCUT2D eigenvalue weighted by Gasteiger charge is 2.23. The normalized spacial score (nSPS) is 18.2. The Kier molecular flexibility index (Phi) is 7.29. The lowest BCUT2D eigenvalue weighted by Crippen LogP contribution is -2.39. The van der Waals surface area contributed by atoms with Crippen LogP contribution in [-0.4, -0.2) is 45.0 Å². The maximum Gasteiger partial charge on any atom is 0.272 e. The van der Waals surface area contributed by atoms with Gasteiger partial charge in [-0.15, -0.1) is 10.2 Å². The quantitative estimate of drug-likeness (QED) is 0.550. The topological polar surface area (TPSA) is 112 Å². The molecule has 1 aliphatic carbocycles. The van der Waals surface area contributed by atoms with E-state index < -0.39 is 0 Å². The number of nitrogens with one attached hydrogen (secondary N) is 1. The van der Waals surface area contributed by atoms with E-state index in [1.165, 1.54) is 0 Å². The first-order chi connectivity index (χ1) is 16.0. The van der Waals surface area contributed by atoms with Gasteiger partial charge >= 0.3 is 0 Å². The SMILES string of the molecule is CCOC1CCC(NC(=O)c2ccc(OCc3c(-c4ccc(C)nc4)noc3C)nn2)CC1. The molecule has 9 nitrogen and oxygen atoms in total. The Morgan fingerprint density at radius 2 is 1.94 bits per heavy atom. The fraction of sp³-hybridized carbons (Fsp3) is 0.458. The molecule has 1 N–H and O–H groups in total. The standard InChI is InChI=1S/C24H29N5O4/c1-4-31-19-9-7-18(8-10-19)26-24(30)21-11-12-22(28-27-21)32-14-20-16(3)33-29-23(20)17-6-5-15(2)25-13-17/h5-6,11-13,18-19H,4,7-10,14H2,1-3H3,(H,26,30). The van der Waals surface area contributed by atoms with Gasteiger partial charge in [-0.25, -0.2) is 0 Å². The van der Waals surface area contributed by atoms with Crippen LogP contribution in [0.25, 0.3) is 11.3 Å². The van der Waals surface area contributed by atoms with Gasteiger partial charge in [0.1, 0.15) is 18.1 Å². The summed E-state index contributed by atoms with van der Waals surface area (Å²) in [6.45, 7) is 6.71. The Morgan fingerprint density at radius 3 is 2.61 bits per heavy atom. The first-order valence-electron chi connectivity index (χ1n) is 11.3. The minimum absolute atomic E-state index is 0.137. The second-order valence-corrected chi connectivity index (χ2v) is 8.20. The van der Waals surface area contributed by atoms with Crippen LogP contribution < -0.4 is 10.1 Å². The molecule has 3 heterocycles. The summed E-state index contributed by atoms with van der Waals surface area (Å²) in [6, 6.07) is 7.26. The van der Waals surface area contributed by atoms with Crippen LogP contribution in [0.4, 0.5) is 0 Å². The number of nitrogens with zero attached hydrogens (tertiary/aromatic N) is 4. The Bertz CT molecular complexity index is 1060. The molecule has 1 amide bonds. The highest BCUT2D eigenvalue weighted by atomic mass is 16.5. The molecule has 0 unspecified atom stereocenters. The molecule has 0 atom stereocenters. The number of aromatic nitrogens is 4. The third-order valence-electron chi connectivity index (χ3n) is 5.82. The summed E-state index contributed by atoms with van der Waals surface area (Å²) in [5.74, 6) is 0.754. The molecule has 1 saturated carbocycles. The monoisotopic (exact) mass is 451 g/mol. The largest absolute Gasteiger partial charge is 0.472 e. The van der Waals surface area contributed by atoms with E-state index in [0.717, 1.165) is 49.1 Å². The zero-order valence-corrected chi connectivity index (χ0v) is 19.2. The summed E-state index contributed by atoms with van der Waals surface area (Å²) in [5, 5.41) is 15.3. The molecule has 0 saturated heterocycles. The Balaban J connectivity index is 1.33. The molecule has 9 heteroatoms. The van der Waals surface area contributed by atoms with Crippen LogP contribution in [0.2, 0.25) is 0 Å². The van der Waals surface area contributed by atoms with Crippen molar-refractivity contribution in [1.29, 1.82) is 0 Å². The summed E-state index contributed by atoms with van der Waals surface area (Å²) in [4.78, 5) is 16.8. The minimum Gasteiger partial charge on any atom is -0.472 e. The fourth-order valence-electron chi connectivity index (χ4n) is 3.93. The first kappa shape index (κ1) is 22.8. The molecule has 0 bridgehead atoms. The lowest BCUT2D eigenvalue weighted by Gasteiger charge is -2.28. The number of carbonyl (C=O) groups excluding carboxylic acids is 1. The molecule has 3 aromatic rings. The molecule has 0 radical (unpaired) electrons. The Morgan fingerprint density at radius 1 is 1.12 bits per heavy atom. The van der Waals surface area contributed by atoms with Gasteiger partial charge in [0.25, 0.3) is 5.91 Å². The molecule has 0 aromatic carbocycles. The molecular formula is C24H29N5O4. The van der Waals surface area contributed by atoms with Crippen molar-refractivity contribution >= 4 is 5.91 Å². The van der Waals surface area contributed by atoms with E-state index in [2.05, 4.69) is 25.7 Å². The van der Waals surface area contributed by atoms with Crippen LogP contribution in [0.5, 0.6) is 5.88 Å². The number of pyridine rings is 1. The molecule has 0 spiro atoms. The first-order valence-corrected chi connectivity index (χ1v) is 11.3. The average Bonchev–Trinajstić information content (AvgIpc) is 3.20. The minimum atomic E-state index is -0.224. The number of ether oxygens (including phenoxy) is 2. The van der Waals surface area contributed by atoms with Crippen molar-refractivity contribution in [2.24, 2.45) is 0 Å². The van der Waals surface area contributed by atoms with Crippen LogP contribution in [-0.2, 0) is 11.3 Å². The van der Waals surface area contributed by atoms with Crippen molar-refractivity contribution in [2.75, 3.05) is 6.61 Å². The van der Waals surface area contributed by atoms with Crippen LogP contribution in [0, 0.1) is 13.8 Å². The summed E-state index contributed by atoms with van der Waals surface area (Å²) in [7, 11) is 0. The number of hydrogen-bond donors (Lipinski definition) is 1. The summed E-state index contributed by atoms with van der Waals surface area (Å²) < 4.78 is 16.8. The molecule has 1 fully saturated rings. The molecule has 4 rings (SSSR count). The van der Waals surface area contributed by atoms with E-state index in [1.807, 2.05) is 32.9 Å². The van der Waals surface area contributed by atoms with Crippen molar-refractivity contribution in [3.8, 4) is 17.1 Å². The van der Waals surface area contributed by atoms with Crippen LogP contribution in [0.3, 0.4) is 0 Å². The molecule has 1 aliphatic rings. The highest BCUT2D eigenvalue weighted by Crippen LogP contribution is 2.26. The van der Waals surface area contributed by atoms with E-state index >= 15 is 0 Å². The van der Waals surface area contributed by atoms with E-state index in [9.17, 15) is 4.79 Å². The predicted octanol–water partition coefficient (Wildman–Crippen LogP) is 3.80. The zero-order chi connectivity index (χ0) is 23.2. The fourth-order valence-corrected chi connectivity index (χ4v) is 3.93. The summed E-state index contributed by atoms with van der Waals surface area (Å²) in [5.41, 5.74) is 3.54. The van der Waals surface area contributed by atoms with Gasteiger partial charge in [-0.3, -0.25) is 9.78 Å². The average molecular weight is 452 g/mol. The third kappa shape index (κ3) is 5.73. The van der Waals surface area contributed by atoms with Crippen molar-refractivity contribution < 1.29 is 18.8 Å². The lowest BCUT2D eigenvalue weighted by atomic mass is 9.93. The maximum atomic E-state index is 12.5. The third-order valence-corrected chi connectivity index (χ3v) is 5.82. The molecule has 174 valence electrons. The Labute approximate surface area is 192 Å². The second kappa shape index (κ2) is 10.5. The van der Waals surface area contributed by atoms with Crippen LogP contribution in [0.1, 0.15) is 60.1 Å². The van der Waals surface area contributed by atoms with Gasteiger partial charge < -0.3 is 19.3 Å². The van der Waals surface area contributed by atoms with Crippen molar-refractivity contribution in [3.05, 3.63) is 53.2 Å². The van der Waals surface area contributed by atoms with Crippen LogP contribution in [0.15, 0.2) is 35.0 Å². The second-order valence-electron chi connectivity index (χ2n) is 8.20. The highest BCUT2D eigenvalue weighted by molar-refractivity contribution is 5.92. The maximum absolute atomic E-state index is 12.5. The molecule has 0 aliphatic heterocycles. The predicted molar refractivity (Wildman–Crippen MR) is 121 cm³/mol. The summed E-state index contributed by atoms with van der Waals surface area (Å²) >= 11 is 0. The number of rotatable bonds is 8. The van der Waals surface area contributed by atoms with Gasteiger partial charge in [0.2, 0.25) is 5.88 Å². The molecule has 33 heavy (non-hydrogen) atoms. The van der Waals surface area contributed by atoms with Crippen molar-refractivity contribution in [1.82, 2.24) is 25.7 Å². The number of amides is 1. The van der Waals surface area contributed by atoms with Crippen molar-refractivity contribution in [2.45, 2.75) is 65.2 Å². The van der Waals surface area contributed by atoms with E-state index in [4.69, 9.17) is 14.0 Å². The zero-order valence-electron chi connectivity index (χ0n) is 19.2. The van der Waals surface area contributed by atoms with Gasteiger partial charge in [-0.05, 0) is 64.7 Å². The number of aryl methyl sites for hydroxylation is 2. The number of carbonyl (C=O) groups is 1. The number of hydrogen-bond acceptors (Lipinski definition) is 8. The van der Waals surface area contributed by atoms with Gasteiger partial charge in [0.05, 0.1) is 11.7 Å².